The Morgan fingerprint density at radius 1 is 1.37 bits per heavy atom. The van der Waals surface area contributed by atoms with E-state index >= 15 is 0 Å². The van der Waals surface area contributed by atoms with Gasteiger partial charge in [0, 0.05) is 19.0 Å². The lowest BCUT2D eigenvalue weighted by molar-refractivity contribution is -0.121. The lowest BCUT2D eigenvalue weighted by atomic mass is 10.1. The minimum absolute atomic E-state index is 0.0298. The van der Waals surface area contributed by atoms with Gasteiger partial charge in [0.2, 0.25) is 5.91 Å². The molecule has 0 unspecified atom stereocenters. The predicted octanol–water partition coefficient (Wildman–Crippen LogP) is 1.29. The highest BCUT2D eigenvalue weighted by Crippen LogP contribution is 2.16. The fourth-order valence-electron chi connectivity index (χ4n) is 1.56. The number of carbonyl (C=O) groups is 1. The first-order chi connectivity index (χ1) is 8.95. The molecule has 0 aliphatic heterocycles. The number of rotatable bonds is 5. The highest BCUT2D eigenvalue weighted by atomic mass is 16.1. The second kappa shape index (κ2) is 6.69. The molecular weight excluding hydrogens is 242 g/mol. The molecule has 2 N–H and O–H groups in total. The Hall–Kier alpha value is -2.16. The van der Waals surface area contributed by atoms with Crippen molar-refractivity contribution in [1.82, 2.24) is 15.5 Å². The number of amides is 1. The third-order valence-electron chi connectivity index (χ3n) is 2.66. The summed E-state index contributed by atoms with van der Waals surface area (Å²) in [5.41, 5.74) is 2.03. The van der Waals surface area contributed by atoms with Gasteiger partial charge in [0.05, 0.1) is 5.69 Å². The van der Waals surface area contributed by atoms with Crippen molar-refractivity contribution in [3.05, 3.63) is 16.8 Å². The molecule has 1 rings (SSSR count). The van der Waals surface area contributed by atoms with E-state index in [0.717, 1.165) is 11.3 Å². The molecule has 1 aromatic rings. The first kappa shape index (κ1) is 14.9. The van der Waals surface area contributed by atoms with Gasteiger partial charge in [0.15, 0.2) is 5.82 Å². The number of nitrogens with one attached hydrogen (secondary N) is 2. The Morgan fingerprint density at radius 2 is 2.05 bits per heavy atom. The van der Waals surface area contributed by atoms with Gasteiger partial charge in [-0.25, -0.2) is 0 Å². The molecule has 0 atom stereocenters. The number of nitrogens with zero attached hydrogens (tertiary/aromatic N) is 3. The van der Waals surface area contributed by atoms with Gasteiger partial charge in [-0.05, 0) is 33.3 Å². The maximum atomic E-state index is 11.5. The minimum atomic E-state index is -0.0298. The first-order valence-corrected chi connectivity index (χ1v) is 6.23. The summed E-state index contributed by atoms with van der Waals surface area (Å²) in [6.45, 7) is 7.88. The molecule has 0 bridgehead atoms. The van der Waals surface area contributed by atoms with Gasteiger partial charge >= 0.3 is 0 Å². The van der Waals surface area contributed by atoms with Gasteiger partial charge < -0.3 is 10.6 Å². The Kier molecular flexibility index (Phi) is 5.24. The van der Waals surface area contributed by atoms with E-state index in [-0.39, 0.29) is 11.9 Å². The van der Waals surface area contributed by atoms with E-state index in [4.69, 9.17) is 5.26 Å². The van der Waals surface area contributed by atoms with Gasteiger partial charge in [0.25, 0.3) is 0 Å². The molecule has 0 radical (unpaired) electrons. The fourth-order valence-corrected chi connectivity index (χ4v) is 1.56. The van der Waals surface area contributed by atoms with Gasteiger partial charge in [-0.1, -0.05) is 0 Å². The average Bonchev–Trinajstić information content (AvgIpc) is 2.33. The number of hydrogen-bond donors (Lipinski definition) is 2. The zero-order valence-electron chi connectivity index (χ0n) is 11.7. The van der Waals surface area contributed by atoms with E-state index in [1.54, 1.807) is 0 Å². The van der Waals surface area contributed by atoms with Crippen LogP contribution in [0.2, 0.25) is 0 Å². The summed E-state index contributed by atoms with van der Waals surface area (Å²) in [5.74, 6) is 0.403. The van der Waals surface area contributed by atoms with Crippen molar-refractivity contribution in [3.63, 3.8) is 0 Å². The van der Waals surface area contributed by atoms with E-state index in [2.05, 4.69) is 26.9 Å². The summed E-state index contributed by atoms with van der Waals surface area (Å²) < 4.78 is 0. The lowest BCUT2D eigenvalue weighted by Crippen LogP contribution is -2.31. The van der Waals surface area contributed by atoms with Crippen LogP contribution >= 0.6 is 0 Å². The molecular formula is C13H19N5O. The van der Waals surface area contributed by atoms with Crippen LogP contribution in [0.5, 0.6) is 0 Å². The van der Waals surface area contributed by atoms with Crippen molar-refractivity contribution in [2.75, 3.05) is 11.9 Å². The molecule has 0 aliphatic rings. The third-order valence-corrected chi connectivity index (χ3v) is 2.66. The van der Waals surface area contributed by atoms with E-state index in [9.17, 15) is 4.79 Å². The summed E-state index contributed by atoms with van der Waals surface area (Å²) >= 11 is 0. The Labute approximate surface area is 113 Å². The summed E-state index contributed by atoms with van der Waals surface area (Å²) in [6.07, 6.45) is 0.331. The van der Waals surface area contributed by atoms with Gasteiger partial charge in [-0.3, -0.25) is 4.79 Å². The minimum Gasteiger partial charge on any atom is -0.367 e. The van der Waals surface area contributed by atoms with Gasteiger partial charge in [-0.15, -0.1) is 5.10 Å². The summed E-state index contributed by atoms with van der Waals surface area (Å²) in [7, 11) is 0. The number of anilines is 1. The first-order valence-electron chi connectivity index (χ1n) is 6.23. The molecule has 0 fully saturated rings. The standard InChI is InChI=1S/C13H19N5O/c1-8(2)16-12(19)5-6-15-13-11(7-14)9(3)10(4)17-18-13/h8H,5-6H2,1-4H3,(H,15,18)(H,16,19). The van der Waals surface area contributed by atoms with Gasteiger partial charge in [-0.2, -0.15) is 10.4 Å². The van der Waals surface area contributed by atoms with Crippen molar-refractivity contribution in [2.45, 2.75) is 40.2 Å². The van der Waals surface area contributed by atoms with Crippen LogP contribution in [-0.2, 0) is 4.79 Å². The van der Waals surface area contributed by atoms with E-state index in [0.29, 0.717) is 24.3 Å². The molecule has 0 aliphatic carbocycles. The van der Waals surface area contributed by atoms with E-state index in [1.807, 2.05) is 27.7 Å². The molecule has 1 heterocycles. The van der Waals surface area contributed by atoms with Crippen LogP contribution in [0.1, 0.15) is 37.1 Å². The van der Waals surface area contributed by atoms with E-state index < -0.39 is 0 Å². The molecule has 19 heavy (non-hydrogen) atoms. The van der Waals surface area contributed by atoms with Crippen LogP contribution < -0.4 is 10.6 Å². The van der Waals surface area contributed by atoms with Crippen molar-refractivity contribution in [3.8, 4) is 6.07 Å². The molecule has 1 amide bonds. The molecule has 1 aromatic heterocycles. The fraction of sp³-hybridized carbons (Fsp3) is 0.538. The molecule has 0 spiro atoms. The second-order valence-electron chi connectivity index (χ2n) is 4.64. The Bertz CT molecular complexity index is 504. The summed E-state index contributed by atoms with van der Waals surface area (Å²) in [5, 5.41) is 22.8. The van der Waals surface area contributed by atoms with Crippen LogP contribution in [0, 0.1) is 25.2 Å². The molecule has 102 valence electrons. The highest BCUT2D eigenvalue weighted by Gasteiger charge is 2.11. The number of nitriles is 1. The number of aryl methyl sites for hydroxylation is 1. The Balaban J connectivity index is 2.62. The summed E-state index contributed by atoms with van der Waals surface area (Å²) in [6, 6.07) is 2.24. The van der Waals surface area contributed by atoms with Crippen LogP contribution in [0.3, 0.4) is 0 Å². The zero-order valence-corrected chi connectivity index (χ0v) is 11.7. The third kappa shape index (κ3) is 4.21. The number of hydrogen-bond acceptors (Lipinski definition) is 5. The number of carbonyl (C=O) groups excluding carboxylic acids is 1. The smallest absolute Gasteiger partial charge is 0.221 e. The quantitative estimate of drug-likeness (QED) is 0.833. The zero-order chi connectivity index (χ0) is 14.4. The van der Waals surface area contributed by atoms with Crippen molar-refractivity contribution in [2.24, 2.45) is 0 Å². The molecule has 6 heteroatoms. The SMILES string of the molecule is Cc1nnc(NCCC(=O)NC(C)C)c(C#N)c1C. The lowest BCUT2D eigenvalue weighted by Gasteiger charge is -2.10. The molecule has 0 saturated carbocycles. The molecule has 0 saturated heterocycles. The molecule has 0 aromatic carbocycles. The van der Waals surface area contributed by atoms with Crippen LogP contribution in [0.4, 0.5) is 5.82 Å². The predicted molar refractivity (Wildman–Crippen MR) is 72.6 cm³/mol. The molecule has 6 nitrogen and oxygen atoms in total. The maximum absolute atomic E-state index is 11.5. The highest BCUT2D eigenvalue weighted by molar-refractivity contribution is 5.76. The monoisotopic (exact) mass is 261 g/mol. The van der Waals surface area contributed by atoms with Gasteiger partial charge in [0.1, 0.15) is 11.6 Å². The topological polar surface area (TPSA) is 90.7 Å². The van der Waals surface area contributed by atoms with Crippen LogP contribution in [0.25, 0.3) is 0 Å². The van der Waals surface area contributed by atoms with Crippen LogP contribution in [0.15, 0.2) is 0 Å². The summed E-state index contributed by atoms with van der Waals surface area (Å²) in [4.78, 5) is 11.5. The maximum Gasteiger partial charge on any atom is 0.221 e. The largest absolute Gasteiger partial charge is 0.367 e. The van der Waals surface area contributed by atoms with Crippen molar-refractivity contribution in [1.29, 1.82) is 5.26 Å². The number of aromatic nitrogens is 2. The normalized spacial score (nSPS) is 10.1. The van der Waals surface area contributed by atoms with E-state index in [1.165, 1.54) is 0 Å². The van der Waals surface area contributed by atoms with Crippen molar-refractivity contribution >= 4 is 11.7 Å². The van der Waals surface area contributed by atoms with Crippen molar-refractivity contribution < 1.29 is 4.79 Å². The van der Waals surface area contributed by atoms with Crippen LogP contribution in [-0.4, -0.2) is 28.7 Å². The second-order valence-corrected chi connectivity index (χ2v) is 4.64. The average molecular weight is 261 g/mol. The Morgan fingerprint density at radius 3 is 2.63 bits per heavy atom.